The van der Waals surface area contributed by atoms with E-state index in [2.05, 4.69) is 15.3 Å². The topological polar surface area (TPSA) is 78.1 Å². The summed E-state index contributed by atoms with van der Waals surface area (Å²) in [5, 5.41) is 2.77. The summed E-state index contributed by atoms with van der Waals surface area (Å²) in [4.78, 5) is 32.4. The van der Waals surface area contributed by atoms with Crippen LogP contribution >= 0.6 is 0 Å². The van der Waals surface area contributed by atoms with Crippen molar-refractivity contribution in [2.24, 2.45) is 5.92 Å². The molecule has 1 atom stereocenters. The fourth-order valence-corrected chi connectivity index (χ4v) is 3.88. The van der Waals surface area contributed by atoms with Crippen LogP contribution in [0.3, 0.4) is 0 Å². The van der Waals surface area contributed by atoms with Gasteiger partial charge in [0.25, 0.3) is 0 Å². The molecule has 6 nitrogen and oxygen atoms in total. The van der Waals surface area contributed by atoms with Gasteiger partial charge in [-0.1, -0.05) is 0 Å². The van der Waals surface area contributed by atoms with E-state index in [-0.39, 0.29) is 30.6 Å². The van der Waals surface area contributed by atoms with Crippen LogP contribution in [0.5, 0.6) is 0 Å². The van der Waals surface area contributed by atoms with Gasteiger partial charge in [-0.15, -0.1) is 0 Å². The molecule has 1 amide bonds. The number of anilines is 2. The summed E-state index contributed by atoms with van der Waals surface area (Å²) < 4.78 is 40.6. The number of alkyl halides is 3. The molecule has 0 spiro atoms. The van der Waals surface area contributed by atoms with Crippen molar-refractivity contribution in [3.8, 4) is 11.1 Å². The first-order valence-electron chi connectivity index (χ1n) is 10.1. The predicted octanol–water partition coefficient (Wildman–Crippen LogP) is 4.02. The third-order valence-corrected chi connectivity index (χ3v) is 5.63. The van der Waals surface area contributed by atoms with Gasteiger partial charge in [0.05, 0.1) is 0 Å². The van der Waals surface area contributed by atoms with Crippen LogP contribution in [0.25, 0.3) is 11.1 Å². The van der Waals surface area contributed by atoms with Crippen LogP contribution in [0.15, 0.2) is 29.2 Å². The lowest BCUT2D eigenvalue weighted by Crippen LogP contribution is -2.49. The Morgan fingerprint density at radius 3 is 2.67 bits per heavy atom. The van der Waals surface area contributed by atoms with E-state index in [9.17, 15) is 22.8 Å². The zero-order valence-corrected chi connectivity index (χ0v) is 16.6. The number of aromatic amines is 1. The van der Waals surface area contributed by atoms with E-state index < -0.39 is 17.8 Å². The molecule has 0 radical (unpaired) electrons. The average molecular weight is 420 g/mol. The summed E-state index contributed by atoms with van der Waals surface area (Å²) in [5.74, 6) is 0.436. The van der Waals surface area contributed by atoms with E-state index in [4.69, 9.17) is 0 Å². The molecule has 3 heterocycles. The molecular weight excluding hydrogens is 397 g/mol. The molecule has 1 saturated heterocycles. The van der Waals surface area contributed by atoms with Gasteiger partial charge in [0.15, 0.2) is 0 Å². The lowest BCUT2D eigenvalue weighted by molar-refractivity contribution is -0.152. The maximum atomic E-state index is 13.5. The molecule has 0 bridgehead atoms. The van der Waals surface area contributed by atoms with Crippen LogP contribution in [-0.4, -0.2) is 34.6 Å². The Bertz CT molecular complexity index is 1010. The number of nitrogens with zero attached hydrogens (tertiary/aromatic N) is 2. The van der Waals surface area contributed by atoms with E-state index >= 15 is 0 Å². The second-order valence-electron chi connectivity index (χ2n) is 8.01. The maximum absolute atomic E-state index is 13.5. The fourth-order valence-electron chi connectivity index (χ4n) is 3.88. The van der Waals surface area contributed by atoms with E-state index in [1.54, 1.807) is 25.3 Å². The van der Waals surface area contributed by atoms with Gasteiger partial charge in [-0.3, -0.25) is 9.59 Å². The number of carbonyl (C=O) groups is 1. The highest BCUT2D eigenvalue weighted by atomic mass is 19.4. The second-order valence-corrected chi connectivity index (χ2v) is 8.01. The van der Waals surface area contributed by atoms with Crippen molar-refractivity contribution in [2.75, 3.05) is 16.8 Å². The molecule has 0 unspecified atom stereocenters. The minimum Gasteiger partial charge on any atom is -0.346 e. The third-order valence-electron chi connectivity index (χ3n) is 5.63. The van der Waals surface area contributed by atoms with Gasteiger partial charge >= 0.3 is 6.18 Å². The van der Waals surface area contributed by atoms with Gasteiger partial charge in [0.2, 0.25) is 11.5 Å². The van der Waals surface area contributed by atoms with Crippen LogP contribution in [0, 0.1) is 12.8 Å². The standard InChI is InChI=1S/C21H23F3N4O2/c1-12-11-25-17(26-20(30)13-5-6-13)10-15(12)14-8-18(27-19(29)9-14)28-7-3-2-4-16(28)21(22,23)24/h8-11,13,16H,2-7H2,1H3,(H,27,29)(H,25,26,30)/t16-/m1/s1. The number of amides is 1. The minimum atomic E-state index is -4.37. The lowest BCUT2D eigenvalue weighted by atomic mass is 10.00. The van der Waals surface area contributed by atoms with E-state index in [0.29, 0.717) is 29.8 Å². The molecule has 1 saturated carbocycles. The molecule has 2 aromatic heterocycles. The molecule has 30 heavy (non-hydrogen) atoms. The number of hydrogen-bond donors (Lipinski definition) is 2. The summed E-state index contributed by atoms with van der Waals surface area (Å²) in [5.41, 5.74) is 1.40. The Labute approximate surface area is 171 Å². The quantitative estimate of drug-likeness (QED) is 0.783. The number of nitrogens with one attached hydrogen (secondary N) is 2. The Hall–Kier alpha value is -2.84. The largest absolute Gasteiger partial charge is 0.408 e. The molecule has 9 heteroatoms. The Balaban J connectivity index is 1.69. The number of carbonyl (C=O) groups excluding carboxylic acids is 1. The van der Waals surface area contributed by atoms with Gasteiger partial charge in [0.1, 0.15) is 17.7 Å². The van der Waals surface area contributed by atoms with Crippen LogP contribution < -0.4 is 15.8 Å². The van der Waals surface area contributed by atoms with E-state index in [1.807, 2.05) is 0 Å². The first-order chi connectivity index (χ1) is 14.2. The molecule has 2 aliphatic rings. The monoisotopic (exact) mass is 420 g/mol. The Morgan fingerprint density at radius 2 is 1.97 bits per heavy atom. The molecule has 0 aromatic carbocycles. The highest BCUT2D eigenvalue weighted by Gasteiger charge is 2.45. The first kappa shape index (κ1) is 20.4. The fraction of sp³-hybridized carbons (Fsp3) is 0.476. The normalized spacial score (nSPS) is 19.6. The van der Waals surface area contributed by atoms with Crippen molar-refractivity contribution in [1.82, 2.24) is 9.97 Å². The predicted molar refractivity (Wildman–Crippen MR) is 107 cm³/mol. The number of rotatable bonds is 4. The van der Waals surface area contributed by atoms with Crippen molar-refractivity contribution in [2.45, 2.75) is 51.2 Å². The molecule has 4 rings (SSSR count). The number of aryl methyl sites for hydroxylation is 1. The smallest absolute Gasteiger partial charge is 0.346 e. The number of hydrogen-bond acceptors (Lipinski definition) is 4. The number of pyridine rings is 2. The zero-order valence-electron chi connectivity index (χ0n) is 16.6. The van der Waals surface area contributed by atoms with Crippen LogP contribution in [-0.2, 0) is 4.79 Å². The Morgan fingerprint density at radius 1 is 1.20 bits per heavy atom. The average Bonchev–Trinajstić information content (AvgIpc) is 3.54. The third kappa shape index (κ3) is 4.34. The van der Waals surface area contributed by atoms with E-state index in [1.165, 1.54) is 11.0 Å². The first-order valence-corrected chi connectivity index (χ1v) is 10.1. The van der Waals surface area contributed by atoms with Gasteiger partial charge in [-0.05, 0) is 67.9 Å². The van der Waals surface area contributed by atoms with Crippen LogP contribution in [0.2, 0.25) is 0 Å². The highest BCUT2D eigenvalue weighted by Crippen LogP contribution is 2.36. The number of halogens is 3. The molecule has 2 fully saturated rings. The zero-order chi connectivity index (χ0) is 21.5. The number of H-pyrrole nitrogens is 1. The van der Waals surface area contributed by atoms with Crippen molar-refractivity contribution in [3.05, 3.63) is 40.3 Å². The summed E-state index contributed by atoms with van der Waals surface area (Å²) in [6.45, 7) is 2.02. The molecular formula is C21H23F3N4O2. The molecule has 1 aliphatic heterocycles. The molecule has 160 valence electrons. The summed E-state index contributed by atoms with van der Waals surface area (Å²) in [6, 6.07) is 2.96. The Kier molecular flexibility index (Phi) is 5.29. The van der Waals surface area contributed by atoms with Gasteiger partial charge in [-0.25, -0.2) is 4.98 Å². The van der Waals surface area contributed by atoms with Crippen molar-refractivity contribution >= 4 is 17.5 Å². The van der Waals surface area contributed by atoms with Crippen LogP contribution in [0.1, 0.15) is 37.7 Å². The van der Waals surface area contributed by atoms with E-state index in [0.717, 1.165) is 18.4 Å². The van der Waals surface area contributed by atoms with Gasteiger partial charge < -0.3 is 15.2 Å². The van der Waals surface area contributed by atoms with Crippen molar-refractivity contribution in [3.63, 3.8) is 0 Å². The maximum Gasteiger partial charge on any atom is 0.408 e. The highest BCUT2D eigenvalue weighted by molar-refractivity contribution is 5.93. The summed E-state index contributed by atoms with van der Waals surface area (Å²) in [7, 11) is 0. The van der Waals surface area contributed by atoms with Crippen molar-refractivity contribution < 1.29 is 18.0 Å². The number of piperidine rings is 1. The summed E-state index contributed by atoms with van der Waals surface area (Å²) >= 11 is 0. The minimum absolute atomic E-state index is 0.00138. The van der Waals surface area contributed by atoms with Crippen LogP contribution in [0.4, 0.5) is 24.8 Å². The lowest BCUT2D eigenvalue weighted by Gasteiger charge is -2.38. The van der Waals surface area contributed by atoms with Gasteiger partial charge in [0, 0.05) is 24.7 Å². The molecule has 2 aromatic rings. The summed E-state index contributed by atoms with van der Waals surface area (Å²) in [6.07, 6.45) is 0.0542. The van der Waals surface area contributed by atoms with Gasteiger partial charge in [-0.2, -0.15) is 13.2 Å². The SMILES string of the molecule is Cc1cnc(NC(=O)C2CC2)cc1-c1cc(N2CCCC[C@@H]2C(F)(F)F)[nH]c(=O)c1. The van der Waals surface area contributed by atoms with Crippen molar-refractivity contribution in [1.29, 1.82) is 0 Å². The molecule has 2 N–H and O–H groups in total. The second kappa shape index (κ2) is 7.77. The number of aromatic nitrogens is 2. The molecule has 1 aliphatic carbocycles.